The topological polar surface area (TPSA) is 71.6 Å². The van der Waals surface area contributed by atoms with Crippen molar-refractivity contribution in [2.45, 2.75) is 57.7 Å². The quantitative estimate of drug-likeness (QED) is 0.712. The van der Waals surface area contributed by atoms with Gasteiger partial charge in [-0.3, -0.25) is 0 Å². The molecule has 0 aromatic heterocycles. The maximum absolute atomic E-state index is 8.67. The molecule has 92 valence electrons. The lowest BCUT2D eigenvalue weighted by molar-refractivity contribution is 0.153. The highest BCUT2D eigenvalue weighted by Crippen LogP contribution is 2.28. The normalized spacial score (nSPS) is 22.0. The van der Waals surface area contributed by atoms with Gasteiger partial charge in [0.1, 0.15) is 17.7 Å². The number of allylic oxidation sites excluding steroid dienone is 1. The molecule has 4 heteroatoms. The summed E-state index contributed by atoms with van der Waals surface area (Å²) >= 11 is 0. The molecule has 17 heavy (non-hydrogen) atoms. The molecule has 1 saturated heterocycles. The van der Waals surface area contributed by atoms with Crippen molar-refractivity contribution < 1.29 is 0 Å². The molecule has 4 nitrogen and oxygen atoms in total. The highest BCUT2D eigenvalue weighted by atomic mass is 15.1. The summed E-state index contributed by atoms with van der Waals surface area (Å²) in [5.41, 5.74) is 0.249. The van der Waals surface area contributed by atoms with Crippen LogP contribution in [-0.2, 0) is 0 Å². The van der Waals surface area contributed by atoms with E-state index in [1.807, 2.05) is 12.1 Å². The minimum atomic E-state index is 0.0622. The summed E-state index contributed by atoms with van der Waals surface area (Å²) in [4.78, 5) is 0. The van der Waals surface area contributed by atoms with Crippen molar-refractivity contribution in [3.05, 3.63) is 11.8 Å². The van der Waals surface area contributed by atoms with E-state index in [0.29, 0.717) is 0 Å². The molecule has 0 spiro atoms. The van der Waals surface area contributed by atoms with Crippen LogP contribution in [-0.4, -0.2) is 17.1 Å². The Morgan fingerprint density at radius 1 is 1.18 bits per heavy atom. The second-order valence-corrected chi connectivity index (χ2v) is 5.95. The second-order valence-electron chi connectivity index (χ2n) is 5.95. The number of hydrogen-bond donors (Lipinski definition) is 2. The molecule has 0 unspecified atom stereocenters. The predicted molar refractivity (Wildman–Crippen MR) is 66.8 cm³/mol. The van der Waals surface area contributed by atoms with E-state index in [4.69, 9.17) is 10.5 Å². The molecule has 0 saturated carbocycles. The molecule has 0 aromatic carbocycles. The van der Waals surface area contributed by atoms with Crippen molar-refractivity contribution in [1.82, 2.24) is 10.6 Å². The molecule has 1 aliphatic heterocycles. The number of nitriles is 2. The van der Waals surface area contributed by atoms with E-state index >= 15 is 0 Å². The van der Waals surface area contributed by atoms with Crippen LogP contribution in [0, 0.1) is 22.7 Å². The molecule has 0 aliphatic carbocycles. The Morgan fingerprint density at radius 3 is 2.06 bits per heavy atom. The average molecular weight is 232 g/mol. The largest absolute Gasteiger partial charge is 0.386 e. The fourth-order valence-corrected chi connectivity index (χ4v) is 2.73. The average Bonchev–Trinajstić information content (AvgIpc) is 2.14. The molecule has 1 fully saturated rings. The summed E-state index contributed by atoms with van der Waals surface area (Å²) in [6.45, 7) is 8.67. The van der Waals surface area contributed by atoms with Crippen LogP contribution in [0.3, 0.4) is 0 Å². The van der Waals surface area contributed by atoms with Gasteiger partial charge in [0.25, 0.3) is 0 Å². The number of nitrogens with one attached hydrogen (secondary N) is 2. The van der Waals surface area contributed by atoms with Crippen LogP contribution in [0.2, 0.25) is 0 Å². The first-order valence-electron chi connectivity index (χ1n) is 5.84. The number of rotatable bonds is 2. The Bertz CT molecular complexity index is 361. The summed E-state index contributed by atoms with van der Waals surface area (Å²) in [7, 11) is 0. The lowest BCUT2D eigenvalue weighted by atomic mass is 9.80. The van der Waals surface area contributed by atoms with Crippen LogP contribution < -0.4 is 10.6 Å². The maximum atomic E-state index is 8.67. The molecule has 0 bridgehead atoms. The lowest BCUT2D eigenvalue weighted by Gasteiger charge is -2.46. The van der Waals surface area contributed by atoms with Gasteiger partial charge in [-0.1, -0.05) is 0 Å². The van der Waals surface area contributed by atoms with Crippen LogP contribution in [0.25, 0.3) is 0 Å². The van der Waals surface area contributed by atoms with Gasteiger partial charge in [-0.2, -0.15) is 10.5 Å². The first-order valence-corrected chi connectivity index (χ1v) is 5.84. The minimum Gasteiger partial charge on any atom is -0.386 e. The van der Waals surface area contributed by atoms with Crippen molar-refractivity contribution in [3.8, 4) is 12.1 Å². The Balaban J connectivity index is 2.71. The Hall–Kier alpha value is -1.52. The van der Waals surface area contributed by atoms with Crippen LogP contribution in [0.1, 0.15) is 40.5 Å². The minimum absolute atomic E-state index is 0.0622. The third kappa shape index (κ3) is 4.09. The Labute approximate surface area is 103 Å². The van der Waals surface area contributed by atoms with Crippen LogP contribution in [0.4, 0.5) is 0 Å². The summed E-state index contributed by atoms with van der Waals surface area (Å²) in [6, 6.07) is 4.00. The standard InChI is InChI=1S/C13H20N4/c1-12(2)5-11(6-13(3,4)17-12)16-9-10(7-14)8-15/h9,11,16-17H,5-6H2,1-4H3. The number of hydrogen-bond acceptors (Lipinski definition) is 4. The molecular formula is C13H20N4. The molecule has 1 rings (SSSR count). The SMILES string of the molecule is CC1(C)CC(NC=C(C#N)C#N)CC(C)(C)N1. The van der Waals surface area contributed by atoms with E-state index in [1.165, 1.54) is 6.20 Å². The van der Waals surface area contributed by atoms with E-state index in [2.05, 4.69) is 38.3 Å². The highest BCUT2D eigenvalue weighted by molar-refractivity contribution is 5.34. The van der Waals surface area contributed by atoms with Gasteiger partial charge < -0.3 is 10.6 Å². The fourth-order valence-electron chi connectivity index (χ4n) is 2.73. The van der Waals surface area contributed by atoms with Gasteiger partial charge in [-0.25, -0.2) is 0 Å². The molecule has 0 radical (unpaired) electrons. The fraction of sp³-hybridized carbons (Fsp3) is 0.692. The zero-order valence-electron chi connectivity index (χ0n) is 11.0. The zero-order valence-corrected chi connectivity index (χ0v) is 11.0. The zero-order chi connectivity index (χ0) is 13.1. The molecule has 0 aromatic rings. The summed E-state index contributed by atoms with van der Waals surface area (Å²) < 4.78 is 0. The van der Waals surface area contributed by atoms with Gasteiger partial charge in [0.2, 0.25) is 0 Å². The summed E-state index contributed by atoms with van der Waals surface area (Å²) in [5, 5.41) is 24.1. The molecule has 0 atom stereocenters. The van der Waals surface area contributed by atoms with Crippen molar-refractivity contribution in [3.63, 3.8) is 0 Å². The maximum Gasteiger partial charge on any atom is 0.145 e. The molecular weight excluding hydrogens is 212 g/mol. The first-order chi connectivity index (χ1) is 7.78. The monoisotopic (exact) mass is 232 g/mol. The van der Waals surface area contributed by atoms with E-state index in [1.54, 1.807) is 0 Å². The summed E-state index contributed by atoms with van der Waals surface area (Å²) in [6.07, 6.45) is 3.47. The molecule has 0 amide bonds. The Morgan fingerprint density at radius 2 is 1.65 bits per heavy atom. The van der Waals surface area contributed by atoms with Crippen LogP contribution in [0.5, 0.6) is 0 Å². The van der Waals surface area contributed by atoms with Gasteiger partial charge in [0.05, 0.1) is 0 Å². The van der Waals surface area contributed by atoms with Gasteiger partial charge in [0.15, 0.2) is 0 Å². The van der Waals surface area contributed by atoms with E-state index in [-0.39, 0.29) is 22.7 Å². The third-order valence-electron chi connectivity index (χ3n) is 2.89. The first kappa shape index (κ1) is 13.5. The smallest absolute Gasteiger partial charge is 0.145 e. The van der Waals surface area contributed by atoms with Crippen molar-refractivity contribution in [2.24, 2.45) is 0 Å². The molecule has 1 heterocycles. The lowest BCUT2D eigenvalue weighted by Crippen LogP contribution is -2.61. The Kier molecular flexibility index (Phi) is 3.80. The van der Waals surface area contributed by atoms with E-state index < -0.39 is 0 Å². The van der Waals surface area contributed by atoms with E-state index in [9.17, 15) is 0 Å². The van der Waals surface area contributed by atoms with Gasteiger partial charge in [-0.15, -0.1) is 0 Å². The van der Waals surface area contributed by atoms with Gasteiger partial charge >= 0.3 is 0 Å². The van der Waals surface area contributed by atoms with Crippen LogP contribution >= 0.6 is 0 Å². The molecule has 2 N–H and O–H groups in total. The number of nitrogens with zero attached hydrogens (tertiary/aromatic N) is 2. The van der Waals surface area contributed by atoms with Crippen molar-refractivity contribution in [2.75, 3.05) is 0 Å². The molecule has 1 aliphatic rings. The highest BCUT2D eigenvalue weighted by Gasteiger charge is 2.37. The van der Waals surface area contributed by atoms with Gasteiger partial charge in [0, 0.05) is 23.3 Å². The van der Waals surface area contributed by atoms with E-state index in [0.717, 1.165) is 12.8 Å². The third-order valence-corrected chi connectivity index (χ3v) is 2.89. The van der Waals surface area contributed by atoms with Crippen LogP contribution in [0.15, 0.2) is 11.8 Å². The van der Waals surface area contributed by atoms with Crippen molar-refractivity contribution in [1.29, 1.82) is 10.5 Å². The van der Waals surface area contributed by atoms with Gasteiger partial charge in [-0.05, 0) is 40.5 Å². The summed E-state index contributed by atoms with van der Waals surface area (Å²) in [5.74, 6) is 0. The van der Waals surface area contributed by atoms with Crippen molar-refractivity contribution >= 4 is 0 Å². The predicted octanol–water partition coefficient (Wildman–Crippen LogP) is 1.82. The second kappa shape index (κ2) is 4.77. The number of piperidine rings is 1.